The lowest BCUT2D eigenvalue weighted by molar-refractivity contribution is -0.144. The molecule has 5 rings (SSSR count). The largest absolute Gasteiger partial charge is 0.444 e. The van der Waals surface area contributed by atoms with Crippen molar-refractivity contribution in [3.63, 3.8) is 0 Å². The summed E-state index contributed by atoms with van der Waals surface area (Å²) in [6, 6.07) is -2.57. The minimum absolute atomic E-state index is 0.0328. The van der Waals surface area contributed by atoms with Gasteiger partial charge in [-0.05, 0) is 81.0 Å². The summed E-state index contributed by atoms with van der Waals surface area (Å²) in [7, 11) is 0. The van der Waals surface area contributed by atoms with E-state index in [1.54, 1.807) is 25.7 Å². The van der Waals surface area contributed by atoms with E-state index in [4.69, 9.17) is 10.5 Å². The predicted octanol–water partition coefficient (Wildman–Crippen LogP) is 3.31. The first-order valence-electron chi connectivity index (χ1n) is 16.1. The van der Waals surface area contributed by atoms with Crippen molar-refractivity contribution in [1.82, 2.24) is 15.5 Å². The van der Waals surface area contributed by atoms with E-state index in [1.165, 1.54) is 12.8 Å². The maximum Gasteiger partial charge on any atom is 0.408 e. The predicted molar refractivity (Wildman–Crippen MR) is 156 cm³/mol. The highest BCUT2D eigenvalue weighted by molar-refractivity contribution is 6.37. The van der Waals surface area contributed by atoms with Crippen LogP contribution in [0.5, 0.6) is 0 Å². The summed E-state index contributed by atoms with van der Waals surface area (Å²) in [5, 5.41) is 5.77. The van der Waals surface area contributed by atoms with Crippen LogP contribution in [0, 0.1) is 40.9 Å². The second-order valence-electron chi connectivity index (χ2n) is 15.4. The number of piperidine rings is 1. The first kappa shape index (κ1) is 30.8. The zero-order valence-electron chi connectivity index (χ0n) is 25.9. The average molecular weight is 587 g/mol. The highest BCUT2D eigenvalue weighted by Crippen LogP contribution is 2.65. The van der Waals surface area contributed by atoms with Crippen LogP contribution >= 0.6 is 0 Å². The summed E-state index contributed by atoms with van der Waals surface area (Å²) >= 11 is 0. The van der Waals surface area contributed by atoms with Gasteiger partial charge in [-0.25, -0.2) is 4.79 Å². The maximum absolute atomic E-state index is 14.4. The topological polar surface area (TPSA) is 148 Å². The van der Waals surface area contributed by atoms with Gasteiger partial charge in [-0.3, -0.25) is 19.2 Å². The highest BCUT2D eigenvalue weighted by atomic mass is 16.6. The third-order valence-electron chi connectivity index (χ3n) is 11.1. The number of hydrogen-bond acceptors (Lipinski definition) is 6. The molecule has 0 aromatic heterocycles. The smallest absolute Gasteiger partial charge is 0.408 e. The number of carbonyl (C=O) groups is 5. The van der Waals surface area contributed by atoms with E-state index in [9.17, 15) is 24.0 Å². The molecule has 0 bridgehead atoms. The van der Waals surface area contributed by atoms with Crippen LogP contribution in [0.25, 0.3) is 0 Å². The van der Waals surface area contributed by atoms with Crippen molar-refractivity contribution in [1.29, 1.82) is 0 Å². The van der Waals surface area contributed by atoms with E-state index in [0.717, 1.165) is 44.9 Å². The maximum atomic E-state index is 14.4. The number of nitrogens with one attached hydrogen (secondary N) is 2. The van der Waals surface area contributed by atoms with Crippen molar-refractivity contribution in [2.24, 2.45) is 46.7 Å². The minimum Gasteiger partial charge on any atom is -0.444 e. The van der Waals surface area contributed by atoms with Crippen LogP contribution in [0.2, 0.25) is 0 Å². The lowest BCUT2D eigenvalue weighted by atomic mass is 9.80. The number of primary amides is 1. The average Bonchev–Trinajstić information content (AvgIpc) is 3.25. The molecule has 4 amide bonds. The SMILES string of the molecule is CC(C)(C)OC(=O)NC(C(=O)N1CC2C([C@H]1C(=O)NC(CC1CCC1)C(=O)C(N)=O)C2(C)C)C1CC2CCCCC2C1. The molecule has 0 spiro atoms. The van der Waals surface area contributed by atoms with E-state index in [1.807, 2.05) is 0 Å². The Hall–Kier alpha value is -2.65. The number of nitrogens with zero attached hydrogens (tertiary/aromatic N) is 1. The summed E-state index contributed by atoms with van der Waals surface area (Å²) in [5.41, 5.74) is 4.50. The molecule has 5 aliphatic rings. The zero-order valence-corrected chi connectivity index (χ0v) is 25.9. The fourth-order valence-electron chi connectivity index (χ4n) is 8.58. The third-order valence-corrected chi connectivity index (χ3v) is 11.1. The summed E-state index contributed by atoms with van der Waals surface area (Å²) in [4.78, 5) is 67.6. The molecule has 4 N–H and O–H groups in total. The van der Waals surface area contributed by atoms with E-state index in [2.05, 4.69) is 24.5 Å². The Morgan fingerprint density at radius 2 is 1.57 bits per heavy atom. The van der Waals surface area contributed by atoms with Crippen LogP contribution in [0.3, 0.4) is 0 Å². The normalized spacial score (nSPS) is 32.9. The van der Waals surface area contributed by atoms with Crippen molar-refractivity contribution in [3.05, 3.63) is 0 Å². The number of amides is 4. The van der Waals surface area contributed by atoms with Crippen molar-refractivity contribution in [2.45, 2.75) is 123 Å². The van der Waals surface area contributed by atoms with Gasteiger partial charge < -0.3 is 26.0 Å². The molecule has 10 heteroatoms. The van der Waals surface area contributed by atoms with Gasteiger partial charge in [0.05, 0.1) is 6.04 Å². The van der Waals surface area contributed by atoms with Crippen molar-refractivity contribution < 1.29 is 28.7 Å². The zero-order chi connectivity index (χ0) is 30.6. The van der Waals surface area contributed by atoms with Gasteiger partial charge in [0.15, 0.2) is 0 Å². The van der Waals surface area contributed by atoms with Gasteiger partial charge in [0.2, 0.25) is 17.6 Å². The van der Waals surface area contributed by atoms with Crippen molar-refractivity contribution in [3.8, 4) is 0 Å². The Kier molecular flexibility index (Phi) is 8.40. The van der Waals surface area contributed by atoms with Gasteiger partial charge in [-0.1, -0.05) is 58.8 Å². The first-order chi connectivity index (χ1) is 19.7. The van der Waals surface area contributed by atoms with Crippen LogP contribution < -0.4 is 16.4 Å². The van der Waals surface area contributed by atoms with Crippen LogP contribution in [0.4, 0.5) is 4.79 Å². The Morgan fingerprint density at radius 1 is 0.952 bits per heavy atom. The second-order valence-corrected chi connectivity index (χ2v) is 15.4. The molecule has 10 nitrogen and oxygen atoms in total. The fourth-order valence-corrected chi connectivity index (χ4v) is 8.58. The molecule has 42 heavy (non-hydrogen) atoms. The molecule has 4 saturated carbocycles. The first-order valence-corrected chi connectivity index (χ1v) is 16.1. The Morgan fingerprint density at radius 3 is 2.10 bits per heavy atom. The number of ketones is 1. The summed E-state index contributed by atoms with van der Waals surface area (Å²) in [5.74, 6) is -1.13. The Labute approximate surface area is 249 Å². The molecule has 1 aliphatic heterocycles. The van der Waals surface area contributed by atoms with Crippen molar-refractivity contribution in [2.75, 3.05) is 6.54 Å². The summed E-state index contributed by atoms with van der Waals surface area (Å²) in [6.07, 6.45) is 9.15. The number of rotatable bonds is 9. The molecule has 5 fully saturated rings. The number of likely N-dealkylation sites (tertiary alicyclic amines) is 1. The molecule has 1 heterocycles. The van der Waals surface area contributed by atoms with E-state index in [-0.39, 0.29) is 35.0 Å². The van der Waals surface area contributed by atoms with Gasteiger partial charge in [0, 0.05) is 6.54 Å². The standard InChI is InChI=1S/C32H50N4O6/c1-31(2,3)42-30(41)35-24(20-14-18-11-6-7-12-19(18)15-20)29(40)36-16-21-23(32(21,4)5)25(36)28(39)34-22(26(37)27(33)38)13-17-9-8-10-17/h17-25H,6-16H2,1-5H3,(H2,33,38)(H,34,39)(H,35,41)/t18?,19?,20?,21?,22?,23?,24?,25-/m0/s1. The van der Waals surface area contributed by atoms with Gasteiger partial charge in [-0.15, -0.1) is 0 Å². The van der Waals surface area contributed by atoms with E-state index < -0.39 is 47.4 Å². The Bertz CT molecular complexity index is 1100. The summed E-state index contributed by atoms with van der Waals surface area (Å²) < 4.78 is 5.57. The highest BCUT2D eigenvalue weighted by Gasteiger charge is 2.70. The molecule has 6 unspecified atom stereocenters. The number of alkyl carbamates (subject to hydrolysis) is 1. The molecular weight excluding hydrogens is 536 g/mol. The number of ether oxygens (including phenoxy) is 1. The molecule has 4 aliphatic carbocycles. The van der Waals surface area contributed by atoms with Gasteiger partial charge in [-0.2, -0.15) is 0 Å². The number of fused-ring (bicyclic) bond motifs is 2. The summed E-state index contributed by atoms with van der Waals surface area (Å²) in [6.45, 7) is 9.98. The van der Waals surface area contributed by atoms with Crippen LogP contribution in [-0.2, 0) is 23.9 Å². The van der Waals surface area contributed by atoms with E-state index in [0.29, 0.717) is 24.8 Å². The number of carbonyl (C=O) groups excluding carboxylic acids is 5. The molecule has 0 aromatic rings. The van der Waals surface area contributed by atoms with Gasteiger partial charge in [0.25, 0.3) is 5.91 Å². The Balaban J connectivity index is 1.38. The fraction of sp³-hybridized carbons (Fsp3) is 0.844. The van der Waals surface area contributed by atoms with Gasteiger partial charge in [0.1, 0.15) is 17.7 Å². The van der Waals surface area contributed by atoms with Crippen LogP contribution in [-0.4, -0.2) is 64.8 Å². The van der Waals surface area contributed by atoms with Crippen LogP contribution in [0.15, 0.2) is 0 Å². The molecule has 0 radical (unpaired) electrons. The van der Waals surface area contributed by atoms with Gasteiger partial charge >= 0.3 is 6.09 Å². The second kappa shape index (κ2) is 11.5. The monoisotopic (exact) mass is 586 g/mol. The number of nitrogens with two attached hydrogens (primary N) is 1. The lowest BCUT2D eigenvalue weighted by Crippen LogP contribution is -2.59. The number of Topliss-reactive ketones (excluding diaryl/α,β-unsaturated/α-hetero) is 1. The van der Waals surface area contributed by atoms with Crippen LogP contribution in [0.1, 0.15) is 98.8 Å². The number of hydrogen-bond donors (Lipinski definition) is 3. The molecular formula is C32H50N4O6. The molecule has 0 aromatic carbocycles. The minimum atomic E-state index is -1.06. The molecule has 1 saturated heterocycles. The molecule has 234 valence electrons. The molecule has 7 atom stereocenters. The third kappa shape index (κ3) is 6.18. The van der Waals surface area contributed by atoms with Crippen molar-refractivity contribution >= 4 is 29.6 Å². The quantitative estimate of drug-likeness (QED) is 0.353. The van der Waals surface area contributed by atoms with E-state index >= 15 is 0 Å². The lowest BCUT2D eigenvalue weighted by Gasteiger charge is -2.36.